The highest BCUT2D eigenvalue weighted by atomic mass is 16.5. The van der Waals surface area contributed by atoms with Gasteiger partial charge in [-0.2, -0.15) is 0 Å². The van der Waals surface area contributed by atoms with Gasteiger partial charge in [0.15, 0.2) is 0 Å². The minimum atomic E-state index is -0.944. The van der Waals surface area contributed by atoms with E-state index in [1.807, 2.05) is 66.7 Å². The van der Waals surface area contributed by atoms with Crippen LogP contribution in [0.3, 0.4) is 0 Å². The van der Waals surface area contributed by atoms with Crippen molar-refractivity contribution in [3.05, 3.63) is 133 Å². The van der Waals surface area contributed by atoms with Gasteiger partial charge in [0, 0.05) is 23.1 Å². The van der Waals surface area contributed by atoms with Gasteiger partial charge < -0.3 is 19.7 Å². The van der Waals surface area contributed by atoms with E-state index in [1.165, 1.54) is 6.33 Å². The van der Waals surface area contributed by atoms with Gasteiger partial charge in [0.1, 0.15) is 36.2 Å². The molecule has 0 saturated carbocycles. The van der Waals surface area contributed by atoms with Crippen molar-refractivity contribution >= 4 is 44.4 Å². The van der Waals surface area contributed by atoms with Crippen LogP contribution in [0.15, 0.2) is 122 Å². The van der Waals surface area contributed by atoms with Crippen LogP contribution in [-0.2, 0) is 24.2 Å². The molecule has 7 nitrogen and oxygen atoms in total. The molecule has 0 amide bonds. The number of nitrogens with one attached hydrogen (secondary N) is 1. The number of nitrogens with zero attached hydrogens (tertiary/aromatic N) is 3. The monoisotopic (exact) mass is 606 g/mol. The Hall–Kier alpha value is -5.69. The minimum absolute atomic E-state index is 0.311. The van der Waals surface area contributed by atoms with Crippen molar-refractivity contribution in [3.8, 4) is 16.9 Å². The average molecular weight is 607 g/mol. The quantitative estimate of drug-likeness (QED) is 0.154. The first kappa shape index (κ1) is 29.0. The van der Waals surface area contributed by atoms with Crippen molar-refractivity contribution in [2.45, 2.75) is 32.4 Å². The van der Waals surface area contributed by atoms with Gasteiger partial charge in [0.05, 0.1) is 11.9 Å². The second-order valence-corrected chi connectivity index (χ2v) is 11.3. The Morgan fingerprint density at radius 2 is 1.50 bits per heavy atom. The molecule has 2 heterocycles. The number of carboxylic acids is 1. The van der Waals surface area contributed by atoms with Crippen molar-refractivity contribution in [2.24, 2.45) is 0 Å². The van der Waals surface area contributed by atoms with E-state index in [0.29, 0.717) is 25.4 Å². The Balaban J connectivity index is 1.35. The number of hydrogen-bond acceptors (Lipinski definition) is 5. The molecule has 2 N–H and O–H groups in total. The first-order valence-electron chi connectivity index (χ1n) is 15.6. The fraction of sp³-hybridized carbons (Fsp3) is 0.154. The molecular weight excluding hydrogens is 572 g/mol. The summed E-state index contributed by atoms with van der Waals surface area (Å²) >= 11 is 0. The fourth-order valence-corrected chi connectivity index (χ4v) is 6.45. The Kier molecular flexibility index (Phi) is 8.04. The van der Waals surface area contributed by atoms with E-state index in [0.717, 1.165) is 67.1 Å². The summed E-state index contributed by atoms with van der Waals surface area (Å²) in [5.41, 5.74) is 4.82. The van der Waals surface area contributed by atoms with Gasteiger partial charge in [-0.15, -0.1) is 0 Å². The molecule has 0 unspecified atom stereocenters. The summed E-state index contributed by atoms with van der Waals surface area (Å²) in [6.07, 6.45) is 2.56. The number of ether oxygens (including phenoxy) is 1. The van der Waals surface area contributed by atoms with E-state index in [-0.39, 0.29) is 0 Å². The topological polar surface area (TPSA) is 89.3 Å². The van der Waals surface area contributed by atoms with Crippen LogP contribution in [0, 0.1) is 0 Å². The smallest absolute Gasteiger partial charge is 0.326 e. The highest BCUT2D eigenvalue weighted by Gasteiger charge is 2.26. The van der Waals surface area contributed by atoms with Gasteiger partial charge in [0.25, 0.3) is 0 Å². The fourth-order valence-electron chi connectivity index (χ4n) is 6.45. The van der Waals surface area contributed by atoms with E-state index in [2.05, 4.69) is 70.3 Å². The Bertz CT molecular complexity index is 2160. The summed E-state index contributed by atoms with van der Waals surface area (Å²) in [4.78, 5) is 22.0. The predicted octanol–water partition coefficient (Wildman–Crippen LogP) is 8.15. The van der Waals surface area contributed by atoms with Gasteiger partial charge in [-0.25, -0.2) is 14.8 Å². The SMILES string of the molecule is CCc1c(-c2cccc3ccccc23)c2c(N[C@H](Cc3ccccc3)C(=O)O)ncnc2n1CCOc1cccc2ccccc12. The van der Waals surface area contributed by atoms with Crippen molar-refractivity contribution in [1.82, 2.24) is 14.5 Å². The predicted molar refractivity (Wildman–Crippen MR) is 184 cm³/mol. The first-order valence-corrected chi connectivity index (χ1v) is 15.6. The number of carbonyl (C=O) groups is 1. The summed E-state index contributed by atoms with van der Waals surface area (Å²) < 4.78 is 8.60. The summed E-state index contributed by atoms with van der Waals surface area (Å²) in [7, 11) is 0. The summed E-state index contributed by atoms with van der Waals surface area (Å²) in [6.45, 7) is 3.12. The molecule has 0 aliphatic carbocycles. The molecule has 46 heavy (non-hydrogen) atoms. The lowest BCUT2D eigenvalue weighted by atomic mass is 9.95. The van der Waals surface area contributed by atoms with Crippen LogP contribution in [0.5, 0.6) is 5.75 Å². The van der Waals surface area contributed by atoms with Crippen LogP contribution in [-0.4, -0.2) is 38.3 Å². The number of hydrogen-bond donors (Lipinski definition) is 2. The lowest BCUT2D eigenvalue weighted by molar-refractivity contribution is -0.137. The first-order chi connectivity index (χ1) is 22.6. The lowest BCUT2D eigenvalue weighted by Gasteiger charge is -2.17. The molecule has 0 fully saturated rings. The van der Waals surface area contributed by atoms with E-state index < -0.39 is 12.0 Å². The molecule has 7 rings (SSSR count). The maximum atomic E-state index is 12.5. The Morgan fingerprint density at radius 3 is 2.26 bits per heavy atom. The van der Waals surface area contributed by atoms with E-state index in [1.54, 1.807) is 0 Å². The zero-order chi connectivity index (χ0) is 31.5. The molecule has 0 spiro atoms. The molecule has 7 aromatic rings. The van der Waals surface area contributed by atoms with Gasteiger partial charge in [0.2, 0.25) is 0 Å². The van der Waals surface area contributed by atoms with E-state index >= 15 is 0 Å². The molecule has 1 atom stereocenters. The maximum absolute atomic E-state index is 12.5. The molecular formula is C39H34N4O3. The number of benzene rings is 5. The van der Waals surface area contributed by atoms with Crippen LogP contribution >= 0.6 is 0 Å². The molecule has 0 bridgehead atoms. The lowest BCUT2D eigenvalue weighted by Crippen LogP contribution is -2.32. The highest BCUT2D eigenvalue weighted by Crippen LogP contribution is 2.41. The normalized spacial score (nSPS) is 12.0. The number of anilines is 1. The molecule has 228 valence electrons. The number of fused-ring (bicyclic) bond motifs is 3. The number of aromatic nitrogens is 3. The molecule has 2 aromatic heterocycles. The summed E-state index contributed by atoms with van der Waals surface area (Å²) in [5, 5.41) is 18.8. The second-order valence-electron chi connectivity index (χ2n) is 11.3. The van der Waals surface area contributed by atoms with Gasteiger partial charge in [-0.3, -0.25) is 0 Å². The van der Waals surface area contributed by atoms with E-state index in [9.17, 15) is 9.90 Å². The average Bonchev–Trinajstić information content (AvgIpc) is 3.42. The third-order valence-electron chi connectivity index (χ3n) is 8.55. The van der Waals surface area contributed by atoms with Crippen molar-refractivity contribution in [1.29, 1.82) is 0 Å². The molecule has 0 aliphatic heterocycles. The third-order valence-corrected chi connectivity index (χ3v) is 8.55. The van der Waals surface area contributed by atoms with Crippen molar-refractivity contribution in [2.75, 3.05) is 11.9 Å². The molecule has 7 heteroatoms. The van der Waals surface area contributed by atoms with Gasteiger partial charge in [-0.1, -0.05) is 116 Å². The number of carboxylic acid groups (broad SMARTS) is 1. The van der Waals surface area contributed by atoms with Crippen molar-refractivity contribution in [3.63, 3.8) is 0 Å². The van der Waals surface area contributed by atoms with Crippen LogP contribution in [0.2, 0.25) is 0 Å². The summed E-state index contributed by atoms with van der Waals surface area (Å²) in [5.74, 6) is 0.393. The van der Waals surface area contributed by atoms with Crippen LogP contribution < -0.4 is 10.1 Å². The molecule has 0 radical (unpaired) electrons. The standard InChI is InChI=1S/C39H34N4O3/c1-2-33-35(31-20-10-16-27-14-6-8-18-29(27)31)36-37(42-32(39(44)45)24-26-12-4-3-5-13-26)40-25-41-38(36)43(33)22-23-46-34-21-11-17-28-15-7-9-19-30(28)34/h3-21,25,32H,2,22-24H2,1H3,(H,44,45)(H,40,41,42)/t32-/m1/s1. The zero-order valence-corrected chi connectivity index (χ0v) is 25.6. The molecule has 0 aliphatic rings. The Labute approximate surface area is 267 Å². The van der Waals surface area contributed by atoms with Gasteiger partial charge >= 0.3 is 5.97 Å². The maximum Gasteiger partial charge on any atom is 0.326 e. The van der Waals surface area contributed by atoms with Crippen LogP contribution in [0.25, 0.3) is 43.7 Å². The largest absolute Gasteiger partial charge is 0.491 e. The van der Waals surface area contributed by atoms with Gasteiger partial charge in [-0.05, 0) is 39.8 Å². The minimum Gasteiger partial charge on any atom is -0.491 e. The Morgan fingerprint density at radius 1 is 0.826 bits per heavy atom. The second kappa shape index (κ2) is 12.7. The van der Waals surface area contributed by atoms with Crippen LogP contribution in [0.1, 0.15) is 18.2 Å². The number of rotatable bonds is 11. The van der Waals surface area contributed by atoms with E-state index in [4.69, 9.17) is 9.72 Å². The molecule has 0 saturated heterocycles. The van der Waals surface area contributed by atoms with Crippen LogP contribution in [0.4, 0.5) is 5.82 Å². The zero-order valence-electron chi connectivity index (χ0n) is 25.6. The van der Waals surface area contributed by atoms with Crippen molar-refractivity contribution < 1.29 is 14.6 Å². The molecule has 5 aromatic carbocycles. The third kappa shape index (κ3) is 5.52. The summed E-state index contributed by atoms with van der Waals surface area (Å²) in [6, 6.07) is 37.7. The highest BCUT2D eigenvalue weighted by molar-refractivity contribution is 6.09. The number of aliphatic carboxylic acids is 1.